The molecule has 1 heterocycles. The molecule has 1 aromatic carbocycles. The van der Waals surface area contributed by atoms with Gasteiger partial charge in [-0.1, -0.05) is 12.1 Å². The van der Waals surface area contributed by atoms with Gasteiger partial charge in [0.05, 0.1) is 7.11 Å². The largest absolute Gasteiger partial charge is 0.497 e. The van der Waals surface area contributed by atoms with Gasteiger partial charge >= 0.3 is 0 Å². The monoisotopic (exact) mass is 338 g/mol. The van der Waals surface area contributed by atoms with Crippen molar-refractivity contribution in [2.75, 3.05) is 26.1 Å². The Balaban J connectivity index is 2.05. The van der Waals surface area contributed by atoms with Crippen LogP contribution in [0.5, 0.6) is 5.75 Å². The number of carbonyl (C=O) groups excluding carboxylic acids is 2. The Morgan fingerprint density at radius 3 is 2.35 bits per heavy atom. The van der Waals surface area contributed by atoms with Gasteiger partial charge < -0.3 is 14.5 Å². The minimum Gasteiger partial charge on any atom is -0.497 e. The molecule has 0 aliphatic carbocycles. The van der Waals surface area contributed by atoms with Crippen LogP contribution in [0.15, 0.2) is 24.3 Å². The van der Waals surface area contributed by atoms with Crippen LogP contribution >= 0.6 is 11.6 Å². The molecule has 23 heavy (non-hydrogen) atoms. The third kappa shape index (κ3) is 4.61. The first-order chi connectivity index (χ1) is 11.0. The highest BCUT2D eigenvalue weighted by Gasteiger charge is 2.28. The summed E-state index contributed by atoms with van der Waals surface area (Å²) >= 11 is 5.78. The predicted octanol–water partition coefficient (Wildman–Crippen LogP) is 2.27. The van der Waals surface area contributed by atoms with Crippen LogP contribution < -0.4 is 4.74 Å². The van der Waals surface area contributed by atoms with Gasteiger partial charge in [0.25, 0.3) is 0 Å². The van der Waals surface area contributed by atoms with E-state index in [2.05, 4.69) is 0 Å². The molecule has 0 unspecified atom stereocenters. The van der Waals surface area contributed by atoms with Crippen LogP contribution in [0, 0.1) is 0 Å². The summed E-state index contributed by atoms with van der Waals surface area (Å²) in [6, 6.07) is 7.81. The molecule has 6 heteroatoms. The van der Waals surface area contributed by atoms with Gasteiger partial charge in [-0.2, -0.15) is 0 Å². The molecule has 1 aromatic rings. The average Bonchev–Trinajstić information content (AvgIpc) is 2.59. The summed E-state index contributed by atoms with van der Waals surface area (Å²) in [6.45, 7) is 3.49. The zero-order chi connectivity index (χ0) is 16.8. The third-order valence-electron chi connectivity index (χ3n) is 4.30. The number of nitrogens with zero attached hydrogens (tertiary/aromatic N) is 2. The van der Waals surface area contributed by atoms with Crippen molar-refractivity contribution >= 4 is 23.4 Å². The van der Waals surface area contributed by atoms with Gasteiger partial charge in [0.15, 0.2) is 0 Å². The highest BCUT2D eigenvalue weighted by atomic mass is 35.5. The number of benzene rings is 1. The van der Waals surface area contributed by atoms with E-state index in [1.165, 1.54) is 0 Å². The fourth-order valence-corrected chi connectivity index (χ4v) is 3.07. The minimum absolute atomic E-state index is 0.0247. The van der Waals surface area contributed by atoms with Crippen molar-refractivity contribution in [3.63, 3.8) is 0 Å². The van der Waals surface area contributed by atoms with Gasteiger partial charge in [-0.25, -0.2) is 0 Å². The van der Waals surface area contributed by atoms with Crippen LogP contribution in [0.4, 0.5) is 0 Å². The van der Waals surface area contributed by atoms with E-state index in [4.69, 9.17) is 16.3 Å². The maximum Gasteiger partial charge on any atom is 0.238 e. The SMILES string of the molecule is COc1ccc(CN(C(=O)CCl)C2CCN(C(C)=O)CC2)cc1. The molecule has 126 valence electrons. The fraction of sp³-hybridized carbons (Fsp3) is 0.529. The molecule has 0 N–H and O–H groups in total. The highest BCUT2D eigenvalue weighted by molar-refractivity contribution is 6.27. The maximum absolute atomic E-state index is 12.2. The molecule has 0 atom stereocenters. The normalized spacial score (nSPS) is 15.3. The molecule has 0 aromatic heterocycles. The van der Waals surface area contributed by atoms with Gasteiger partial charge in [0.2, 0.25) is 11.8 Å². The molecule has 1 aliphatic rings. The molecule has 1 aliphatic heterocycles. The van der Waals surface area contributed by atoms with E-state index in [0.717, 1.165) is 24.2 Å². The molecule has 0 bridgehead atoms. The van der Waals surface area contributed by atoms with Crippen LogP contribution in [0.25, 0.3) is 0 Å². The number of hydrogen-bond acceptors (Lipinski definition) is 3. The number of amides is 2. The van der Waals surface area contributed by atoms with Crippen molar-refractivity contribution < 1.29 is 14.3 Å². The van der Waals surface area contributed by atoms with Gasteiger partial charge in [-0.3, -0.25) is 9.59 Å². The molecular weight excluding hydrogens is 316 g/mol. The van der Waals surface area contributed by atoms with Gasteiger partial charge in [-0.15, -0.1) is 11.6 Å². The van der Waals surface area contributed by atoms with Crippen molar-refractivity contribution in [2.24, 2.45) is 0 Å². The first-order valence-electron chi connectivity index (χ1n) is 7.79. The van der Waals surface area contributed by atoms with Crippen molar-refractivity contribution in [3.05, 3.63) is 29.8 Å². The molecule has 0 saturated carbocycles. The molecule has 2 rings (SSSR count). The lowest BCUT2D eigenvalue weighted by molar-refractivity contribution is -0.134. The second kappa shape index (κ2) is 8.20. The smallest absolute Gasteiger partial charge is 0.238 e. The number of hydrogen-bond donors (Lipinski definition) is 0. The first kappa shape index (κ1) is 17.6. The Morgan fingerprint density at radius 2 is 1.87 bits per heavy atom. The van der Waals surface area contributed by atoms with Crippen LogP contribution in [0.1, 0.15) is 25.3 Å². The summed E-state index contributed by atoms with van der Waals surface area (Å²) < 4.78 is 5.15. The number of piperidine rings is 1. The Morgan fingerprint density at radius 1 is 1.26 bits per heavy atom. The van der Waals surface area contributed by atoms with E-state index in [0.29, 0.717) is 19.6 Å². The number of ether oxygens (including phenoxy) is 1. The summed E-state index contributed by atoms with van der Waals surface area (Å²) in [7, 11) is 1.63. The molecule has 1 saturated heterocycles. The lowest BCUT2D eigenvalue weighted by atomic mass is 10.0. The zero-order valence-corrected chi connectivity index (χ0v) is 14.4. The predicted molar refractivity (Wildman–Crippen MR) is 89.5 cm³/mol. The summed E-state index contributed by atoms with van der Waals surface area (Å²) in [4.78, 5) is 27.3. The lowest BCUT2D eigenvalue weighted by Gasteiger charge is -2.38. The van der Waals surface area contributed by atoms with E-state index < -0.39 is 0 Å². The van der Waals surface area contributed by atoms with Crippen LogP contribution in [-0.4, -0.2) is 53.7 Å². The van der Waals surface area contributed by atoms with Crippen LogP contribution in [-0.2, 0) is 16.1 Å². The number of likely N-dealkylation sites (tertiary alicyclic amines) is 1. The highest BCUT2D eigenvalue weighted by Crippen LogP contribution is 2.21. The van der Waals surface area contributed by atoms with Crippen molar-refractivity contribution in [1.82, 2.24) is 9.80 Å². The topological polar surface area (TPSA) is 49.9 Å². The number of rotatable bonds is 5. The summed E-state index contributed by atoms with van der Waals surface area (Å²) in [5.41, 5.74) is 1.04. The van der Waals surface area contributed by atoms with E-state index in [1.54, 1.807) is 14.0 Å². The lowest BCUT2D eigenvalue weighted by Crippen LogP contribution is -2.48. The van der Waals surface area contributed by atoms with Gasteiger partial charge in [0, 0.05) is 32.6 Å². The van der Waals surface area contributed by atoms with Gasteiger partial charge in [-0.05, 0) is 30.5 Å². The number of alkyl halides is 1. The standard InChI is InChI=1S/C17H23ClN2O3/c1-13(21)19-9-7-15(8-10-19)20(17(22)11-18)12-14-3-5-16(23-2)6-4-14/h3-6,15H,7-12H2,1-2H3. The van der Waals surface area contributed by atoms with Crippen molar-refractivity contribution in [2.45, 2.75) is 32.4 Å². The second-order valence-corrected chi connectivity index (χ2v) is 6.01. The van der Waals surface area contributed by atoms with Crippen molar-refractivity contribution in [1.29, 1.82) is 0 Å². The van der Waals surface area contributed by atoms with E-state index in [1.807, 2.05) is 34.1 Å². The fourth-order valence-electron chi connectivity index (χ4n) is 2.92. The number of carbonyl (C=O) groups is 2. The molecular formula is C17H23ClN2O3. The van der Waals surface area contributed by atoms with E-state index >= 15 is 0 Å². The number of halogens is 1. The Hall–Kier alpha value is -1.75. The van der Waals surface area contributed by atoms with E-state index in [-0.39, 0.29) is 23.7 Å². The van der Waals surface area contributed by atoms with Crippen LogP contribution in [0.3, 0.4) is 0 Å². The molecule has 5 nitrogen and oxygen atoms in total. The maximum atomic E-state index is 12.2. The minimum atomic E-state index is -0.0660. The quantitative estimate of drug-likeness (QED) is 0.774. The number of methoxy groups -OCH3 is 1. The Labute approximate surface area is 142 Å². The molecule has 0 spiro atoms. The van der Waals surface area contributed by atoms with E-state index in [9.17, 15) is 9.59 Å². The Kier molecular flexibility index (Phi) is 6.28. The van der Waals surface area contributed by atoms with Crippen molar-refractivity contribution in [3.8, 4) is 5.75 Å². The summed E-state index contributed by atoms with van der Waals surface area (Å²) in [6.07, 6.45) is 1.58. The second-order valence-electron chi connectivity index (χ2n) is 5.74. The van der Waals surface area contributed by atoms with Crippen LogP contribution in [0.2, 0.25) is 0 Å². The average molecular weight is 339 g/mol. The summed E-state index contributed by atoms with van der Waals surface area (Å²) in [5.74, 6) is 0.791. The molecule has 1 fully saturated rings. The zero-order valence-electron chi connectivity index (χ0n) is 13.6. The summed E-state index contributed by atoms with van der Waals surface area (Å²) in [5, 5.41) is 0. The molecule has 2 amide bonds. The Bertz CT molecular complexity index is 539. The third-order valence-corrected chi connectivity index (χ3v) is 4.53. The first-order valence-corrected chi connectivity index (χ1v) is 8.32. The van der Waals surface area contributed by atoms with Gasteiger partial charge in [0.1, 0.15) is 11.6 Å². The molecule has 0 radical (unpaired) electrons.